The summed E-state index contributed by atoms with van der Waals surface area (Å²) in [5, 5.41) is 4.25. The van der Waals surface area contributed by atoms with E-state index in [9.17, 15) is 0 Å². The first kappa shape index (κ1) is 12.0. The first-order valence-electron chi connectivity index (χ1n) is 7.31. The second kappa shape index (κ2) is 5.31. The summed E-state index contributed by atoms with van der Waals surface area (Å²) >= 11 is 0. The summed E-state index contributed by atoms with van der Waals surface area (Å²) in [6.45, 7) is 4.66. The Bertz CT molecular complexity index is 387. The lowest BCUT2D eigenvalue weighted by Crippen LogP contribution is -2.42. The highest BCUT2D eigenvalue weighted by Crippen LogP contribution is 2.35. The van der Waals surface area contributed by atoms with E-state index in [1.807, 2.05) is 10.9 Å². The zero-order chi connectivity index (χ0) is 12.4. The van der Waals surface area contributed by atoms with Crippen LogP contribution in [0.1, 0.15) is 32.1 Å². The fourth-order valence-electron chi connectivity index (χ4n) is 3.63. The number of nitrogen functional groups attached to an aromatic ring is 1. The minimum atomic E-state index is 0.765. The van der Waals surface area contributed by atoms with Crippen LogP contribution in [0.3, 0.4) is 0 Å². The lowest BCUT2D eigenvalue weighted by molar-refractivity contribution is 0.0838. The smallest absolute Gasteiger partial charge is 0.0719 e. The van der Waals surface area contributed by atoms with Crippen molar-refractivity contribution >= 4 is 5.69 Å². The number of piperidine rings is 1. The van der Waals surface area contributed by atoms with Gasteiger partial charge in [-0.05, 0) is 31.2 Å². The Morgan fingerprint density at radius 3 is 2.78 bits per heavy atom. The van der Waals surface area contributed by atoms with Gasteiger partial charge in [0.25, 0.3) is 0 Å². The molecule has 4 heteroatoms. The van der Waals surface area contributed by atoms with Crippen molar-refractivity contribution in [2.45, 2.75) is 38.6 Å². The topological polar surface area (TPSA) is 47.1 Å². The van der Waals surface area contributed by atoms with Crippen molar-refractivity contribution in [1.82, 2.24) is 14.7 Å². The zero-order valence-corrected chi connectivity index (χ0v) is 11.1. The second-order valence-corrected chi connectivity index (χ2v) is 5.93. The summed E-state index contributed by atoms with van der Waals surface area (Å²) in [6.07, 6.45) is 10.9. The largest absolute Gasteiger partial charge is 0.396 e. The van der Waals surface area contributed by atoms with Crippen molar-refractivity contribution in [1.29, 1.82) is 0 Å². The standard InChI is InChI=1S/C14H24N4/c15-14-9-16-18(11-14)8-7-17-6-5-12-3-1-2-4-13(12)10-17/h9,11-13H,1-8,10,15H2. The van der Waals surface area contributed by atoms with Gasteiger partial charge in [0, 0.05) is 19.3 Å². The molecular formula is C14H24N4. The van der Waals surface area contributed by atoms with Crippen molar-refractivity contribution < 1.29 is 0 Å². The Morgan fingerprint density at radius 2 is 2.00 bits per heavy atom. The number of anilines is 1. The lowest BCUT2D eigenvalue weighted by atomic mass is 9.75. The van der Waals surface area contributed by atoms with Crippen LogP contribution in [0.5, 0.6) is 0 Å². The summed E-state index contributed by atoms with van der Waals surface area (Å²) in [5.74, 6) is 1.99. The summed E-state index contributed by atoms with van der Waals surface area (Å²) in [7, 11) is 0. The molecule has 2 unspecified atom stereocenters. The van der Waals surface area contributed by atoms with Gasteiger partial charge >= 0.3 is 0 Å². The van der Waals surface area contributed by atoms with Crippen LogP contribution < -0.4 is 5.73 Å². The molecule has 1 aromatic rings. The molecule has 1 saturated heterocycles. The SMILES string of the molecule is Nc1cnn(CCN2CCC3CCCCC3C2)c1. The molecular weight excluding hydrogens is 224 g/mol. The molecule has 0 spiro atoms. The quantitative estimate of drug-likeness (QED) is 0.889. The van der Waals surface area contributed by atoms with Gasteiger partial charge in [0.15, 0.2) is 0 Å². The molecule has 0 amide bonds. The molecule has 2 heterocycles. The molecule has 1 aromatic heterocycles. The van der Waals surface area contributed by atoms with Crippen molar-refractivity contribution in [3.05, 3.63) is 12.4 Å². The maximum Gasteiger partial charge on any atom is 0.0719 e. The van der Waals surface area contributed by atoms with Gasteiger partial charge in [0.1, 0.15) is 0 Å². The van der Waals surface area contributed by atoms with Gasteiger partial charge in [-0.25, -0.2) is 0 Å². The highest BCUT2D eigenvalue weighted by Gasteiger charge is 2.30. The normalized spacial score (nSPS) is 29.1. The predicted molar refractivity (Wildman–Crippen MR) is 73.1 cm³/mol. The average Bonchev–Trinajstić information content (AvgIpc) is 2.82. The van der Waals surface area contributed by atoms with Gasteiger partial charge < -0.3 is 10.6 Å². The Balaban J connectivity index is 1.49. The Labute approximate surface area is 109 Å². The van der Waals surface area contributed by atoms with Crippen molar-refractivity contribution in [2.75, 3.05) is 25.4 Å². The van der Waals surface area contributed by atoms with Crippen molar-refractivity contribution in [3.63, 3.8) is 0 Å². The van der Waals surface area contributed by atoms with Crippen molar-refractivity contribution in [2.24, 2.45) is 11.8 Å². The number of nitrogens with two attached hydrogens (primary N) is 1. The third-order valence-corrected chi connectivity index (χ3v) is 4.67. The number of aromatic nitrogens is 2. The highest BCUT2D eigenvalue weighted by atomic mass is 15.3. The van der Waals surface area contributed by atoms with E-state index in [0.29, 0.717) is 0 Å². The fraction of sp³-hybridized carbons (Fsp3) is 0.786. The molecule has 100 valence electrons. The van der Waals surface area contributed by atoms with Crippen LogP contribution in [-0.2, 0) is 6.54 Å². The summed E-state index contributed by atoms with van der Waals surface area (Å²) < 4.78 is 1.96. The molecule has 0 radical (unpaired) electrons. The third-order valence-electron chi connectivity index (χ3n) is 4.67. The Hall–Kier alpha value is -1.03. The molecule has 4 nitrogen and oxygen atoms in total. The lowest BCUT2D eigenvalue weighted by Gasteiger charge is -2.41. The fourth-order valence-corrected chi connectivity index (χ4v) is 3.63. The highest BCUT2D eigenvalue weighted by molar-refractivity contribution is 5.30. The van der Waals surface area contributed by atoms with Gasteiger partial charge in [-0.1, -0.05) is 19.3 Å². The molecule has 1 saturated carbocycles. The molecule has 0 bridgehead atoms. The Kier molecular flexibility index (Phi) is 3.55. The first-order valence-corrected chi connectivity index (χ1v) is 7.31. The van der Waals surface area contributed by atoms with Gasteiger partial charge in [-0.2, -0.15) is 5.10 Å². The van der Waals surface area contributed by atoms with Crippen LogP contribution in [0.25, 0.3) is 0 Å². The van der Waals surface area contributed by atoms with Crippen LogP contribution in [0.4, 0.5) is 5.69 Å². The van der Waals surface area contributed by atoms with Crippen LogP contribution in [0.15, 0.2) is 12.4 Å². The van der Waals surface area contributed by atoms with E-state index in [2.05, 4.69) is 10.00 Å². The number of hydrogen-bond donors (Lipinski definition) is 1. The number of likely N-dealkylation sites (tertiary alicyclic amines) is 1. The Morgan fingerprint density at radius 1 is 1.17 bits per heavy atom. The summed E-state index contributed by atoms with van der Waals surface area (Å²) in [6, 6.07) is 0. The number of nitrogens with zero attached hydrogens (tertiary/aromatic N) is 3. The van der Waals surface area contributed by atoms with E-state index in [-0.39, 0.29) is 0 Å². The van der Waals surface area contributed by atoms with Crippen molar-refractivity contribution in [3.8, 4) is 0 Å². The zero-order valence-electron chi connectivity index (χ0n) is 11.1. The van der Waals surface area contributed by atoms with E-state index >= 15 is 0 Å². The minimum Gasteiger partial charge on any atom is -0.396 e. The molecule has 1 aliphatic heterocycles. The average molecular weight is 248 g/mol. The summed E-state index contributed by atoms with van der Waals surface area (Å²) in [4.78, 5) is 2.62. The third kappa shape index (κ3) is 2.69. The van der Waals surface area contributed by atoms with E-state index in [0.717, 1.165) is 30.6 Å². The number of rotatable bonds is 3. The molecule has 2 N–H and O–H groups in total. The maximum absolute atomic E-state index is 5.68. The van der Waals surface area contributed by atoms with E-state index in [4.69, 9.17) is 5.73 Å². The monoisotopic (exact) mass is 248 g/mol. The molecule has 2 aliphatic rings. The number of fused-ring (bicyclic) bond motifs is 1. The van der Waals surface area contributed by atoms with E-state index < -0.39 is 0 Å². The minimum absolute atomic E-state index is 0.765. The molecule has 0 aromatic carbocycles. The number of hydrogen-bond acceptors (Lipinski definition) is 3. The van der Waals surface area contributed by atoms with Crippen LogP contribution in [-0.4, -0.2) is 34.3 Å². The van der Waals surface area contributed by atoms with Gasteiger partial charge in [0.05, 0.1) is 18.4 Å². The van der Waals surface area contributed by atoms with Crippen LogP contribution in [0, 0.1) is 11.8 Å². The molecule has 1 aliphatic carbocycles. The van der Waals surface area contributed by atoms with E-state index in [1.165, 1.54) is 45.2 Å². The van der Waals surface area contributed by atoms with Gasteiger partial charge in [0.2, 0.25) is 0 Å². The molecule has 2 atom stereocenters. The molecule has 3 rings (SSSR count). The van der Waals surface area contributed by atoms with E-state index in [1.54, 1.807) is 6.20 Å². The molecule has 2 fully saturated rings. The summed E-state index contributed by atoms with van der Waals surface area (Å²) in [5.41, 5.74) is 6.44. The second-order valence-electron chi connectivity index (χ2n) is 5.93. The molecule has 18 heavy (non-hydrogen) atoms. The first-order chi connectivity index (χ1) is 8.81. The van der Waals surface area contributed by atoms with Crippen LogP contribution >= 0.6 is 0 Å². The van der Waals surface area contributed by atoms with Gasteiger partial charge in [-0.3, -0.25) is 4.68 Å². The van der Waals surface area contributed by atoms with Gasteiger partial charge in [-0.15, -0.1) is 0 Å². The van der Waals surface area contributed by atoms with Crippen LogP contribution in [0.2, 0.25) is 0 Å². The maximum atomic E-state index is 5.68. The predicted octanol–water partition coefficient (Wildman–Crippen LogP) is 1.98.